The lowest BCUT2D eigenvalue weighted by molar-refractivity contribution is -0.134. The first-order valence-corrected chi connectivity index (χ1v) is 15.8. The number of carbonyl (C=O) groups is 2. The fourth-order valence-corrected chi connectivity index (χ4v) is 7.00. The zero-order valence-electron chi connectivity index (χ0n) is 24.1. The van der Waals surface area contributed by atoms with E-state index in [0.29, 0.717) is 38.5 Å². The summed E-state index contributed by atoms with van der Waals surface area (Å²) in [5.74, 6) is 1.81. The molecule has 10 nitrogen and oxygen atoms in total. The quantitative estimate of drug-likeness (QED) is 0.273. The molecule has 1 amide bonds. The van der Waals surface area contributed by atoms with E-state index in [1.165, 1.54) is 4.88 Å². The number of anilines is 1. The topological polar surface area (TPSA) is 108 Å². The van der Waals surface area contributed by atoms with Gasteiger partial charge in [0.25, 0.3) is 0 Å². The Hall–Kier alpha value is -3.06. The number of benzene rings is 1. The number of thiophene rings is 1. The number of piperazine rings is 1. The van der Waals surface area contributed by atoms with Crippen molar-refractivity contribution in [2.45, 2.75) is 44.4 Å². The Morgan fingerprint density at radius 1 is 1.07 bits per heavy atom. The third-order valence-corrected chi connectivity index (χ3v) is 9.06. The molecule has 0 aliphatic carbocycles. The van der Waals surface area contributed by atoms with E-state index in [4.69, 9.17) is 14.7 Å². The second kappa shape index (κ2) is 12.3. The van der Waals surface area contributed by atoms with Gasteiger partial charge >= 0.3 is 0 Å². The van der Waals surface area contributed by atoms with E-state index in [-0.39, 0.29) is 29.3 Å². The second-order valence-electron chi connectivity index (χ2n) is 11.7. The van der Waals surface area contributed by atoms with Crippen molar-refractivity contribution in [3.8, 4) is 11.4 Å². The van der Waals surface area contributed by atoms with Crippen LogP contribution in [0.2, 0.25) is 0 Å². The number of H-pyrrole nitrogens is 1. The van der Waals surface area contributed by atoms with Crippen LogP contribution in [0.5, 0.6) is 0 Å². The van der Waals surface area contributed by atoms with E-state index < -0.39 is 0 Å². The number of aromatic nitrogens is 4. The average Bonchev–Trinajstić information content (AvgIpc) is 3.62. The molecular formula is C30H37N7O3S2. The molecule has 3 aromatic heterocycles. The number of morpholine rings is 1. The highest BCUT2D eigenvalue weighted by atomic mass is 32.1. The molecule has 2 fully saturated rings. The third-order valence-electron chi connectivity index (χ3n) is 7.79. The standard InChI is InChI=1S/C30H37N7O3S2/c1-30(2,41)17-20(38)6-7-26(39)36-10-8-35(9-11-36)19-21-16-25-27(42-21)29(37-12-14-40-15-13-37)33-28(32-25)22-4-3-5-24-23(22)18-31-34-24/h3-5,16,18,41H,6-15,17,19H2,1-2H3,(H,31,34). The molecule has 6 rings (SSSR count). The number of hydrogen-bond acceptors (Lipinski definition) is 10. The Bertz CT molecular complexity index is 1580. The Morgan fingerprint density at radius 2 is 1.86 bits per heavy atom. The number of Topliss-reactive ketones (excluding diaryl/α,β-unsaturated/α-hetero) is 1. The first-order valence-electron chi connectivity index (χ1n) is 14.5. The number of amides is 1. The first-order chi connectivity index (χ1) is 20.2. The number of ketones is 1. The lowest BCUT2D eigenvalue weighted by Crippen LogP contribution is -2.48. The highest BCUT2D eigenvalue weighted by molar-refractivity contribution is 7.81. The van der Waals surface area contributed by atoms with Crippen LogP contribution in [-0.4, -0.2) is 98.9 Å². The van der Waals surface area contributed by atoms with Gasteiger partial charge in [0.05, 0.1) is 35.1 Å². The van der Waals surface area contributed by atoms with Crippen LogP contribution in [0.3, 0.4) is 0 Å². The van der Waals surface area contributed by atoms with Gasteiger partial charge in [0.1, 0.15) is 5.78 Å². The highest BCUT2D eigenvalue weighted by Crippen LogP contribution is 2.36. The largest absolute Gasteiger partial charge is 0.378 e. The molecule has 0 bridgehead atoms. The molecule has 0 unspecified atom stereocenters. The molecule has 0 spiro atoms. The predicted octanol–water partition coefficient (Wildman–Crippen LogP) is 4.16. The first kappa shape index (κ1) is 29.0. The summed E-state index contributed by atoms with van der Waals surface area (Å²) in [7, 11) is 0. The monoisotopic (exact) mass is 607 g/mol. The summed E-state index contributed by atoms with van der Waals surface area (Å²) in [5.41, 5.74) is 2.87. The SMILES string of the molecule is CC(C)(S)CC(=O)CCC(=O)N1CCN(Cc2cc3nc(-c4cccc5[nH]ncc45)nc(N4CCOCC4)c3s2)CC1. The van der Waals surface area contributed by atoms with E-state index in [1.54, 1.807) is 11.3 Å². The molecule has 0 radical (unpaired) electrons. The zero-order valence-corrected chi connectivity index (χ0v) is 25.8. The van der Waals surface area contributed by atoms with Gasteiger partial charge in [0.2, 0.25) is 5.91 Å². The van der Waals surface area contributed by atoms with Gasteiger partial charge in [-0.25, -0.2) is 9.97 Å². The van der Waals surface area contributed by atoms with Gasteiger partial charge in [0, 0.05) is 85.6 Å². The zero-order chi connectivity index (χ0) is 29.3. The molecule has 222 valence electrons. The summed E-state index contributed by atoms with van der Waals surface area (Å²) in [4.78, 5) is 42.9. The van der Waals surface area contributed by atoms with E-state index >= 15 is 0 Å². The van der Waals surface area contributed by atoms with E-state index in [1.807, 2.05) is 43.1 Å². The molecule has 5 heterocycles. The number of aromatic amines is 1. The van der Waals surface area contributed by atoms with E-state index in [9.17, 15) is 9.59 Å². The summed E-state index contributed by atoms with van der Waals surface area (Å²) in [5, 5.41) is 8.27. The van der Waals surface area contributed by atoms with Gasteiger partial charge in [-0.3, -0.25) is 19.6 Å². The maximum Gasteiger partial charge on any atom is 0.223 e. The van der Waals surface area contributed by atoms with Crippen molar-refractivity contribution in [3.05, 3.63) is 35.3 Å². The number of fused-ring (bicyclic) bond motifs is 2. The maximum atomic E-state index is 12.8. The van der Waals surface area contributed by atoms with Crippen molar-refractivity contribution in [2.75, 3.05) is 57.4 Å². The van der Waals surface area contributed by atoms with Crippen molar-refractivity contribution in [1.82, 2.24) is 30.0 Å². The Balaban J connectivity index is 1.16. The lowest BCUT2D eigenvalue weighted by atomic mass is 10.0. The Labute approximate surface area is 254 Å². The third kappa shape index (κ3) is 6.61. The van der Waals surface area contributed by atoms with Crippen LogP contribution in [-0.2, 0) is 20.9 Å². The Morgan fingerprint density at radius 3 is 2.62 bits per heavy atom. The van der Waals surface area contributed by atoms with Crippen molar-refractivity contribution >= 4 is 62.6 Å². The number of ether oxygens (including phenoxy) is 1. The molecule has 1 N–H and O–H groups in total. The van der Waals surface area contributed by atoms with Crippen molar-refractivity contribution in [3.63, 3.8) is 0 Å². The molecule has 2 aliphatic rings. The minimum absolute atomic E-state index is 0.0624. The molecule has 1 aromatic carbocycles. The summed E-state index contributed by atoms with van der Waals surface area (Å²) in [6, 6.07) is 8.25. The van der Waals surface area contributed by atoms with Crippen LogP contribution >= 0.6 is 24.0 Å². The number of rotatable bonds is 9. The molecule has 42 heavy (non-hydrogen) atoms. The average molecular weight is 608 g/mol. The minimum atomic E-state index is -0.345. The van der Waals surface area contributed by atoms with Crippen molar-refractivity contribution in [2.24, 2.45) is 0 Å². The molecular weight excluding hydrogens is 571 g/mol. The van der Waals surface area contributed by atoms with Crippen LogP contribution in [0.25, 0.3) is 32.5 Å². The van der Waals surface area contributed by atoms with Crippen LogP contribution < -0.4 is 4.90 Å². The predicted molar refractivity (Wildman–Crippen MR) is 169 cm³/mol. The number of thiol groups is 1. The molecule has 4 aromatic rings. The summed E-state index contributed by atoms with van der Waals surface area (Å²) in [6.07, 6.45) is 2.77. The molecule has 12 heteroatoms. The van der Waals surface area contributed by atoms with Crippen LogP contribution in [0.4, 0.5) is 5.82 Å². The van der Waals surface area contributed by atoms with Gasteiger partial charge < -0.3 is 14.5 Å². The number of carbonyl (C=O) groups excluding carboxylic acids is 2. The molecule has 0 saturated carbocycles. The summed E-state index contributed by atoms with van der Waals surface area (Å²) < 4.78 is 6.37. The normalized spacial score (nSPS) is 16.9. The minimum Gasteiger partial charge on any atom is -0.378 e. The lowest BCUT2D eigenvalue weighted by Gasteiger charge is -2.34. The number of hydrogen-bond donors (Lipinski definition) is 2. The number of nitrogens with one attached hydrogen (secondary N) is 1. The van der Waals surface area contributed by atoms with E-state index in [2.05, 4.69) is 38.7 Å². The summed E-state index contributed by atoms with van der Waals surface area (Å²) in [6.45, 7) is 10.5. The van der Waals surface area contributed by atoms with Crippen LogP contribution in [0, 0.1) is 0 Å². The van der Waals surface area contributed by atoms with Gasteiger partial charge in [-0.1, -0.05) is 26.0 Å². The van der Waals surface area contributed by atoms with Crippen molar-refractivity contribution < 1.29 is 14.3 Å². The van der Waals surface area contributed by atoms with Crippen LogP contribution in [0.15, 0.2) is 30.5 Å². The molecule has 2 saturated heterocycles. The van der Waals surface area contributed by atoms with Crippen LogP contribution in [0.1, 0.15) is 38.0 Å². The smallest absolute Gasteiger partial charge is 0.223 e. The van der Waals surface area contributed by atoms with Gasteiger partial charge in [-0.2, -0.15) is 17.7 Å². The Kier molecular flexibility index (Phi) is 8.49. The fourth-order valence-electron chi connectivity index (χ4n) is 5.67. The molecule has 2 aliphatic heterocycles. The number of nitrogens with zero attached hydrogens (tertiary/aromatic N) is 6. The maximum absolute atomic E-state index is 12.8. The van der Waals surface area contributed by atoms with Gasteiger partial charge in [-0.05, 0) is 12.1 Å². The van der Waals surface area contributed by atoms with E-state index in [0.717, 1.165) is 65.2 Å². The highest BCUT2D eigenvalue weighted by Gasteiger charge is 2.25. The van der Waals surface area contributed by atoms with Crippen molar-refractivity contribution in [1.29, 1.82) is 0 Å². The summed E-state index contributed by atoms with van der Waals surface area (Å²) >= 11 is 6.18. The second-order valence-corrected chi connectivity index (χ2v) is 14.1. The fraction of sp³-hybridized carbons (Fsp3) is 0.500. The van der Waals surface area contributed by atoms with Gasteiger partial charge in [0.15, 0.2) is 11.6 Å². The van der Waals surface area contributed by atoms with Gasteiger partial charge in [-0.15, -0.1) is 11.3 Å². The molecule has 0 atom stereocenters.